The Bertz CT molecular complexity index is 602. The van der Waals surface area contributed by atoms with Crippen molar-refractivity contribution in [2.24, 2.45) is 0 Å². The van der Waals surface area contributed by atoms with Crippen LogP contribution in [0.1, 0.15) is 21.5 Å². The number of pyridine rings is 1. The second-order valence-corrected chi connectivity index (χ2v) is 3.98. The average molecular weight is 330 g/mol. The fraction of sp³-hybridized carbons (Fsp3) is 0.143. The van der Waals surface area contributed by atoms with Gasteiger partial charge in [-0.05, 0) is 6.07 Å². The Labute approximate surface area is 136 Å². The van der Waals surface area contributed by atoms with E-state index in [-0.39, 0.29) is 44.2 Å². The third-order valence-electron chi connectivity index (χ3n) is 2.67. The summed E-state index contributed by atoms with van der Waals surface area (Å²) in [5.41, 5.74) is 2.35. The normalized spacial score (nSPS) is 9.53. The largest absolute Gasteiger partial charge is 0.350 e. The monoisotopic (exact) mass is 330 g/mol. The molecule has 2 aromatic rings. The van der Waals surface area contributed by atoms with E-state index in [9.17, 15) is 9.59 Å². The van der Waals surface area contributed by atoms with Crippen LogP contribution < -0.4 is 10.9 Å². The molecule has 0 fully saturated rings. The molecule has 2 N–H and O–H groups in total. The zero-order valence-corrected chi connectivity index (χ0v) is 13.4. The van der Waals surface area contributed by atoms with E-state index < -0.39 is 0 Å². The van der Waals surface area contributed by atoms with Gasteiger partial charge in [0.05, 0.1) is 5.56 Å². The summed E-state index contributed by atoms with van der Waals surface area (Å²) in [5.74, 6) is -0.210. The van der Waals surface area contributed by atoms with Gasteiger partial charge >= 0.3 is 0 Å². The van der Waals surface area contributed by atoms with Crippen molar-refractivity contribution < 1.29 is 37.5 Å². The molecule has 0 aliphatic heterocycles. The number of H-pyrrole nitrogens is 1. The summed E-state index contributed by atoms with van der Waals surface area (Å²) < 4.78 is 0. The molecule has 0 spiro atoms. The third-order valence-corrected chi connectivity index (χ3v) is 2.67. The molecule has 0 aliphatic rings. The van der Waals surface area contributed by atoms with E-state index in [2.05, 4.69) is 16.4 Å². The number of carbonyl (C=O) groups excluding carboxylic acids is 1. The Hall–Kier alpha value is -1.26. The zero-order chi connectivity index (χ0) is 13.0. The van der Waals surface area contributed by atoms with E-state index >= 15 is 0 Å². The number of carbonyl (C=O) groups is 1. The number of aryl methyl sites for hydroxylation is 1. The van der Waals surface area contributed by atoms with Crippen molar-refractivity contribution in [1.29, 1.82) is 0 Å². The van der Waals surface area contributed by atoms with Crippen molar-refractivity contribution in [3.05, 3.63) is 69.6 Å². The van der Waals surface area contributed by atoms with Gasteiger partial charge in [0.2, 0.25) is 5.56 Å². The van der Waals surface area contributed by atoms with E-state index in [1.165, 1.54) is 18.3 Å². The van der Waals surface area contributed by atoms with E-state index in [1.54, 1.807) is 0 Å². The van der Waals surface area contributed by atoms with Gasteiger partial charge in [-0.15, -0.1) is 5.56 Å². The molecule has 1 aromatic heterocycles. The van der Waals surface area contributed by atoms with Crippen LogP contribution in [0, 0.1) is 13.0 Å². The Morgan fingerprint density at radius 2 is 2.16 bits per heavy atom. The number of aromatic nitrogens is 1. The smallest absolute Gasteiger partial charge is 0.252 e. The predicted molar refractivity (Wildman–Crippen MR) is 68.2 cm³/mol. The molecule has 1 radical (unpaired) electrons. The Balaban J connectivity index is 0.00000180. The fourth-order valence-electron chi connectivity index (χ4n) is 1.57. The molecule has 0 bridgehead atoms. The molecule has 95 valence electrons. The van der Waals surface area contributed by atoms with Crippen molar-refractivity contribution in [1.82, 2.24) is 10.3 Å². The number of hydrogen-bond donors (Lipinski definition) is 2. The molecule has 1 amide bonds. The zero-order valence-electron chi connectivity index (χ0n) is 10.6. The Morgan fingerprint density at radius 1 is 1.37 bits per heavy atom. The van der Waals surface area contributed by atoms with Crippen LogP contribution in [0.25, 0.3) is 0 Å². The molecule has 0 atom stereocenters. The predicted octanol–water partition coefficient (Wildman–Crippen LogP) is 1.41. The van der Waals surface area contributed by atoms with Gasteiger partial charge in [-0.2, -0.15) is 29.8 Å². The summed E-state index contributed by atoms with van der Waals surface area (Å²) in [4.78, 5) is 25.1. The van der Waals surface area contributed by atoms with Gasteiger partial charge in [-0.3, -0.25) is 9.59 Å². The number of hydrogen-bond acceptors (Lipinski definition) is 2. The van der Waals surface area contributed by atoms with Crippen LogP contribution in [0.2, 0.25) is 0 Å². The minimum absolute atomic E-state index is 0. The molecule has 0 unspecified atom stereocenters. The van der Waals surface area contributed by atoms with Crippen LogP contribution >= 0.6 is 0 Å². The van der Waals surface area contributed by atoms with Gasteiger partial charge in [0, 0.05) is 51.5 Å². The summed E-state index contributed by atoms with van der Waals surface area (Å²) in [5, 5.41) is 2.80. The van der Waals surface area contributed by atoms with Crippen molar-refractivity contribution >= 4 is 5.91 Å². The van der Waals surface area contributed by atoms with Crippen LogP contribution in [-0.4, -0.2) is 10.9 Å². The summed E-state index contributed by atoms with van der Waals surface area (Å²) in [6.07, 6.45) is 1.41. The van der Waals surface area contributed by atoms with Crippen LogP contribution in [0.3, 0.4) is 0 Å². The third kappa shape index (κ3) is 4.41. The summed E-state index contributed by atoms with van der Waals surface area (Å²) in [7, 11) is 0. The molecular formula is C14H13N2O2Y-. The Kier molecular flexibility index (Phi) is 6.12. The number of amides is 1. The molecule has 2 rings (SSSR count). The minimum Gasteiger partial charge on any atom is -0.350 e. The molecular weight excluding hydrogens is 317 g/mol. The van der Waals surface area contributed by atoms with Gasteiger partial charge in [0.25, 0.3) is 5.91 Å². The first-order valence-corrected chi connectivity index (χ1v) is 5.59. The molecule has 1 heterocycles. The quantitative estimate of drug-likeness (QED) is 0.836. The SMILES string of the molecule is Cc1c[c-]ccc1CNC(=O)c1ccc(=O)[nH]c1.[Y]. The van der Waals surface area contributed by atoms with Gasteiger partial charge < -0.3 is 10.3 Å². The van der Waals surface area contributed by atoms with Gasteiger partial charge in [0.15, 0.2) is 0 Å². The first-order chi connectivity index (χ1) is 8.66. The topological polar surface area (TPSA) is 62.0 Å². The first-order valence-electron chi connectivity index (χ1n) is 5.59. The molecule has 19 heavy (non-hydrogen) atoms. The maximum atomic E-state index is 11.8. The summed E-state index contributed by atoms with van der Waals surface area (Å²) >= 11 is 0. The second-order valence-electron chi connectivity index (χ2n) is 3.98. The van der Waals surface area contributed by atoms with Gasteiger partial charge in [0.1, 0.15) is 0 Å². The molecule has 4 nitrogen and oxygen atoms in total. The minimum atomic E-state index is -0.221. The van der Waals surface area contributed by atoms with Crippen LogP contribution in [0.15, 0.2) is 41.3 Å². The number of benzene rings is 1. The van der Waals surface area contributed by atoms with Crippen LogP contribution in [0.5, 0.6) is 0 Å². The van der Waals surface area contributed by atoms with E-state index in [4.69, 9.17) is 0 Å². The molecule has 5 heteroatoms. The van der Waals surface area contributed by atoms with Crippen molar-refractivity contribution in [2.45, 2.75) is 13.5 Å². The first kappa shape index (κ1) is 15.8. The average Bonchev–Trinajstić information content (AvgIpc) is 2.38. The Morgan fingerprint density at radius 3 is 2.79 bits per heavy atom. The van der Waals surface area contributed by atoms with Crippen LogP contribution in [0.4, 0.5) is 0 Å². The van der Waals surface area contributed by atoms with Crippen LogP contribution in [-0.2, 0) is 39.3 Å². The molecule has 1 aromatic carbocycles. The number of nitrogens with one attached hydrogen (secondary N) is 2. The fourth-order valence-corrected chi connectivity index (χ4v) is 1.57. The molecule has 0 saturated heterocycles. The number of aromatic amines is 1. The number of rotatable bonds is 3. The maximum Gasteiger partial charge on any atom is 0.252 e. The summed E-state index contributed by atoms with van der Waals surface area (Å²) in [6.45, 7) is 2.43. The van der Waals surface area contributed by atoms with Gasteiger partial charge in [-0.25, -0.2) is 0 Å². The molecule has 0 aliphatic carbocycles. The molecule has 0 saturated carbocycles. The summed E-state index contributed by atoms with van der Waals surface area (Å²) in [6, 6.07) is 11.4. The van der Waals surface area contributed by atoms with Crippen molar-refractivity contribution in [3.63, 3.8) is 0 Å². The standard InChI is InChI=1S/C14H13N2O2.Y/c1-10-4-2-3-5-11(10)8-16-14(18)12-6-7-13(17)15-9-12;/h3-7,9H,8H2,1H3,(H,15,17)(H,16,18);/q-1;. The maximum absolute atomic E-state index is 11.8. The van der Waals surface area contributed by atoms with Crippen molar-refractivity contribution in [3.8, 4) is 0 Å². The van der Waals surface area contributed by atoms with E-state index in [1.807, 2.05) is 25.1 Å². The second kappa shape index (κ2) is 7.36. The van der Waals surface area contributed by atoms with E-state index in [0.717, 1.165) is 11.1 Å². The van der Waals surface area contributed by atoms with Gasteiger partial charge in [-0.1, -0.05) is 6.92 Å². The van der Waals surface area contributed by atoms with E-state index in [0.29, 0.717) is 12.1 Å². The van der Waals surface area contributed by atoms with Crippen molar-refractivity contribution in [2.75, 3.05) is 0 Å².